The van der Waals surface area contributed by atoms with Gasteiger partial charge in [-0.2, -0.15) is 0 Å². The number of nitrogens with zero attached hydrogens (tertiary/aromatic N) is 1. The molecule has 0 fully saturated rings. The van der Waals surface area contributed by atoms with Crippen LogP contribution in [0.3, 0.4) is 0 Å². The molecular weight excluding hydrogens is 358 g/mol. The monoisotopic (exact) mass is 363 g/mol. The van der Waals surface area contributed by atoms with Crippen molar-refractivity contribution in [2.24, 2.45) is 0 Å². The van der Waals surface area contributed by atoms with Gasteiger partial charge in [0.15, 0.2) is 11.5 Å². The fourth-order valence-corrected chi connectivity index (χ4v) is 1.56. The van der Waals surface area contributed by atoms with E-state index in [0.29, 0.717) is 0 Å². The van der Waals surface area contributed by atoms with Crippen LogP contribution in [0, 0.1) is 3.70 Å². The van der Waals surface area contributed by atoms with E-state index in [1.807, 2.05) is 0 Å². The molecule has 5 nitrogen and oxygen atoms in total. The zero-order valence-electron chi connectivity index (χ0n) is 7.95. The summed E-state index contributed by atoms with van der Waals surface area (Å²) >= 11 is 1.47. The maximum atomic E-state index is 12.0. The molecular formula is C8H5F3INO4. The number of halogens is 4. The Balaban J connectivity index is 3.11. The summed E-state index contributed by atoms with van der Waals surface area (Å²) in [6.45, 7) is 0. The number of carboxylic acid groups (broad SMARTS) is 1. The van der Waals surface area contributed by atoms with Gasteiger partial charge < -0.3 is 14.9 Å². The second-order valence-corrected chi connectivity index (χ2v) is 3.89. The molecule has 0 spiro atoms. The van der Waals surface area contributed by atoms with Crippen LogP contribution in [0.2, 0.25) is 0 Å². The third kappa shape index (κ3) is 4.24. The van der Waals surface area contributed by atoms with E-state index >= 15 is 0 Å². The Kier molecular flexibility index (Phi) is 4.01. The number of carboxylic acids is 1. The van der Waals surface area contributed by atoms with E-state index < -0.39 is 30.3 Å². The van der Waals surface area contributed by atoms with Crippen molar-refractivity contribution in [2.75, 3.05) is 0 Å². The molecule has 2 N–H and O–H groups in total. The SMILES string of the molecule is O=C(O)Cc1cc(OC(F)(F)F)c(O)c(I)n1. The van der Waals surface area contributed by atoms with Crippen LogP contribution in [-0.2, 0) is 11.2 Å². The van der Waals surface area contributed by atoms with Gasteiger partial charge in [0.1, 0.15) is 3.70 Å². The standard InChI is InChI=1S/C8H5F3INO4/c9-8(10,11)17-4-1-3(2-5(14)15)13-7(12)6(4)16/h1,16H,2H2,(H,14,15). The maximum absolute atomic E-state index is 12.0. The Bertz CT molecular complexity index is 449. The van der Waals surface area contributed by atoms with Crippen LogP contribution in [0.25, 0.3) is 0 Å². The van der Waals surface area contributed by atoms with Gasteiger partial charge in [0.05, 0.1) is 12.1 Å². The number of aromatic hydroxyl groups is 1. The van der Waals surface area contributed by atoms with E-state index in [1.54, 1.807) is 0 Å². The van der Waals surface area contributed by atoms with Gasteiger partial charge in [-0.3, -0.25) is 4.79 Å². The van der Waals surface area contributed by atoms with Gasteiger partial charge in [-0.25, -0.2) is 4.98 Å². The first-order valence-electron chi connectivity index (χ1n) is 4.05. The number of aliphatic carboxylic acids is 1. The molecule has 0 aliphatic carbocycles. The van der Waals surface area contributed by atoms with Crippen molar-refractivity contribution in [3.8, 4) is 11.5 Å². The maximum Gasteiger partial charge on any atom is 0.573 e. The predicted octanol–water partition coefficient (Wildman–Crippen LogP) is 1.92. The zero-order chi connectivity index (χ0) is 13.2. The largest absolute Gasteiger partial charge is 0.573 e. The van der Waals surface area contributed by atoms with Crippen molar-refractivity contribution in [3.63, 3.8) is 0 Å². The van der Waals surface area contributed by atoms with E-state index in [2.05, 4.69) is 9.72 Å². The minimum absolute atomic E-state index is 0.140. The molecule has 0 aliphatic heterocycles. The number of hydrogen-bond acceptors (Lipinski definition) is 4. The second kappa shape index (κ2) is 4.94. The number of alkyl halides is 3. The van der Waals surface area contributed by atoms with Gasteiger partial charge >= 0.3 is 12.3 Å². The van der Waals surface area contributed by atoms with Crippen LogP contribution >= 0.6 is 22.6 Å². The normalized spacial score (nSPS) is 11.3. The molecule has 0 aromatic carbocycles. The fraction of sp³-hybridized carbons (Fsp3) is 0.250. The molecule has 0 amide bonds. The van der Waals surface area contributed by atoms with Gasteiger partial charge in [-0.15, -0.1) is 13.2 Å². The minimum Gasteiger partial charge on any atom is -0.502 e. The van der Waals surface area contributed by atoms with Crippen LogP contribution in [0.15, 0.2) is 6.07 Å². The summed E-state index contributed by atoms with van der Waals surface area (Å²) in [4.78, 5) is 14.0. The molecule has 9 heteroatoms. The van der Waals surface area contributed by atoms with Crippen molar-refractivity contribution < 1.29 is 32.9 Å². The molecule has 0 radical (unpaired) electrons. The summed E-state index contributed by atoms with van der Waals surface area (Å²) in [7, 11) is 0. The summed E-state index contributed by atoms with van der Waals surface area (Å²) in [6.07, 6.45) is -5.53. The zero-order valence-corrected chi connectivity index (χ0v) is 10.1. The topological polar surface area (TPSA) is 79.7 Å². The lowest BCUT2D eigenvalue weighted by molar-refractivity contribution is -0.275. The van der Waals surface area contributed by atoms with E-state index in [4.69, 9.17) is 5.11 Å². The molecule has 1 heterocycles. The number of ether oxygens (including phenoxy) is 1. The van der Waals surface area contributed by atoms with Crippen LogP contribution < -0.4 is 4.74 Å². The van der Waals surface area contributed by atoms with Crippen molar-refractivity contribution in [3.05, 3.63) is 15.5 Å². The van der Waals surface area contributed by atoms with Crippen molar-refractivity contribution in [1.29, 1.82) is 0 Å². The molecule has 1 aromatic heterocycles. The Morgan fingerprint density at radius 1 is 1.53 bits per heavy atom. The first-order chi connectivity index (χ1) is 7.69. The van der Waals surface area contributed by atoms with Crippen molar-refractivity contribution >= 4 is 28.6 Å². The van der Waals surface area contributed by atoms with E-state index in [0.717, 1.165) is 6.07 Å². The van der Waals surface area contributed by atoms with E-state index in [1.165, 1.54) is 22.6 Å². The number of carbonyl (C=O) groups is 1. The van der Waals surface area contributed by atoms with Crippen LogP contribution in [0.4, 0.5) is 13.2 Å². The van der Waals surface area contributed by atoms with E-state index in [-0.39, 0.29) is 9.39 Å². The van der Waals surface area contributed by atoms with Gasteiger partial charge in [-0.1, -0.05) is 0 Å². The molecule has 0 unspecified atom stereocenters. The number of hydrogen-bond donors (Lipinski definition) is 2. The van der Waals surface area contributed by atoms with Gasteiger partial charge in [0.25, 0.3) is 0 Å². The molecule has 0 aliphatic rings. The number of aromatic nitrogens is 1. The number of rotatable bonds is 3. The highest BCUT2D eigenvalue weighted by atomic mass is 127. The molecule has 1 rings (SSSR count). The van der Waals surface area contributed by atoms with Crippen molar-refractivity contribution in [1.82, 2.24) is 4.98 Å². The van der Waals surface area contributed by atoms with Crippen LogP contribution in [-0.4, -0.2) is 27.5 Å². The van der Waals surface area contributed by atoms with Crippen molar-refractivity contribution in [2.45, 2.75) is 12.8 Å². The molecule has 0 atom stereocenters. The first kappa shape index (κ1) is 13.8. The average Bonchev–Trinajstić information content (AvgIpc) is 2.09. The average molecular weight is 363 g/mol. The molecule has 17 heavy (non-hydrogen) atoms. The molecule has 0 saturated carbocycles. The number of pyridine rings is 1. The fourth-order valence-electron chi connectivity index (χ4n) is 0.981. The summed E-state index contributed by atoms with van der Waals surface area (Å²) in [6, 6.07) is 0.735. The minimum atomic E-state index is -4.97. The second-order valence-electron chi connectivity index (χ2n) is 2.87. The molecule has 1 aromatic rings. The summed E-state index contributed by atoms with van der Waals surface area (Å²) in [5, 5.41) is 17.8. The third-order valence-corrected chi connectivity index (χ3v) is 2.28. The smallest absolute Gasteiger partial charge is 0.502 e. The highest BCUT2D eigenvalue weighted by molar-refractivity contribution is 14.1. The van der Waals surface area contributed by atoms with Crippen LogP contribution in [0.5, 0.6) is 11.5 Å². The first-order valence-corrected chi connectivity index (χ1v) is 5.13. The highest BCUT2D eigenvalue weighted by Gasteiger charge is 2.33. The van der Waals surface area contributed by atoms with E-state index in [9.17, 15) is 23.1 Å². The summed E-state index contributed by atoms with van der Waals surface area (Å²) < 4.78 is 39.3. The van der Waals surface area contributed by atoms with Gasteiger partial charge in [-0.05, 0) is 22.6 Å². The lowest BCUT2D eigenvalue weighted by atomic mass is 10.2. The van der Waals surface area contributed by atoms with Gasteiger partial charge in [0.2, 0.25) is 0 Å². The molecule has 0 saturated heterocycles. The lowest BCUT2D eigenvalue weighted by Crippen LogP contribution is -2.18. The summed E-state index contributed by atoms with van der Waals surface area (Å²) in [5.74, 6) is -2.90. The Morgan fingerprint density at radius 3 is 2.59 bits per heavy atom. The summed E-state index contributed by atoms with van der Waals surface area (Å²) in [5.41, 5.74) is -0.140. The molecule has 0 bridgehead atoms. The Hall–Kier alpha value is -1.26. The molecule has 94 valence electrons. The van der Waals surface area contributed by atoms with Gasteiger partial charge in [0, 0.05) is 6.07 Å². The predicted molar refractivity (Wildman–Crippen MR) is 56.6 cm³/mol. The quantitative estimate of drug-likeness (QED) is 0.634. The highest BCUT2D eigenvalue weighted by Crippen LogP contribution is 2.34. The Labute approximate surface area is 106 Å². The van der Waals surface area contributed by atoms with Crippen LogP contribution in [0.1, 0.15) is 5.69 Å². The third-order valence-electron chi connectivity index (χ3n) is 1.53. The lowest BCUT2D eigenvalue weighted by Gasteiger charge is -2.11. The Morgan fingerprint density at radius 2 is 2.12 bits per heavy atom.